The fourth-order valence-electron chi connectivity index (χ4n) is 2.73. The van der Waals surface area contributed by atoms with Crippen molar-refractivity contribution in [3.05, 3.63) is 29.7 Å². The SMILES string of the molecule is CC(C)(C)c1ccc2oc(CNC(=O)CCC3=NNC(=O)CC3)nc2c1. The van der Waals surface area contributed by atoms with Gasteiger partial charge in [0.1, 0.15) is 5.52 Å². The van der Waals surface area contributed by atoms with E-state index in [9.17, 15) is 9.59 Å². The van der Waals surface area contributed by atoms with E-state index >= 15 is 0 Å². The van der Waals surface area contributed by atoms with Gasteiger partial charge in [0.05, 0.1) is 6.54 Å². The van der Waals surface area contributed by atoms with Gasteiger partial charge in [0, 0.05) is 18.6 Å². The van der Waals surface area contributed by atoms with E-state index in [0.29, 0.717) is 31.6 Å². The summed E-state index contributed by atoms with van der Waals surface area (Å²) in [5.74, 6) is 0.313. The molecule has 0 aliphatic carbocycles. The van der Waals surface area contributed by atoms with Gasteiger partial charge >= 0.3 is 0 Å². The lowest BCUT2D eigenvalue weighted by Gasteiger charge is -2.18. The fourth-order valence-corrected chi connectivity index (χ4v) is 2.73. The van der Waals surface area contributed by atoms with Crippen LogP contribution in [0.15, 0.2) is 27.7 Å². The second kappa shape index (κ2) is 7.27. The monoisotopic (exact) mass is 356 g/mol. The number of amides is 2. The molecule has 1 aliphatic heterocycles. The number of hydrogen-bond donors (Lipinski definition) is 2. The van der Waals surface area contributed by atoms with E-state index in [1.54, 1.807) is 0 Å². The van der Waals surface area contributed by atoms with Crippen molar-refractivity contribution >= 4 is 28.6 Å². The Morgan fingerprint density at radius 3 is 2.81 bits per heavy atom. The molecule has 0 saturated carbocycles. The molecule has 26 heavy (non-hydrogen) atoms. The van der Waals surface area contributed by atoms with Gasteiger partial charge in [-0.25, -0.2) is 10.4 Å². The molecule has 0 radical (unpaired) electrons. The summed E-state index contributed by atoms with van der Waals surface area (Å²) in [6, 6.07) is 5.99. The van der Waals surface area contributed by atoms with Crippen molar-refractivity contribution in [3.8, 4) is 0 Å². The number of hydrazone groups is 1. The maximum Gasteiger partial charge on any atom is 0.240 e. The van der Waals surface area contributed by atoms with Crippen molar-refractivity contribution in [1.29, 1.82) is 0 Å². The Morgan fingerprint density at radius 1 is 1.31 bits per heavy atom. The zero-order valence-corrected chi connectivity index (χ0v) is 15.4. The van der Waals surface area contributed by atoms with Gasteiger partial charge in [-0.3, -0.25) is 9.59 Å². The van der Waals surface area contributed by atoms with E-state index in [1.165, 1.54) is 5.56 Å². The molecule has 0 saturated heterocycles. The molecule has 2 aromatic rings. The summed E-state index contributed by atoms with van der Waals surface area (Å²) < 4.78 is 5.70. The molecule has 2 heterocycles. The summed E-state index contributed by atoms with van der Waals surface area (Å²) >= 11 is 0. The highest BCUT2D eigenvalue weighted by Gasteiger charge is 2.16. The molecule has 138 valence electrons. The van der Waals surface area contributed by atoms with Crippen LogP contribution in [0.2, 0.25) is 0 Å². The number of rotatable bonds is 5. The van der Waals surface area contributed by atoms with Gasteiger partial charge in [0.25, 0.3) is 0 Å². The highest BCUT2D eigenvalue weighted by Crippen LogP contribution is 2.26. The number of oxazole rings is 1. The smallest absolute Gasteiger partial charge is 0.240 e. The van der Waals surface area contributed by atoms with E-state index in [1.807, 2.05) is 18.2 Å². The van der Waals surface area contributed by atoms with Gasteiger partial charge in [-0.2, -0.15) is 5.10 Å². The number of hydrogen-bond acceptors (Lipinski definition) is 5. The normalized spacial score (nSPS) is 14.9. The first-order chi connectivity index (χ1) is 12.3. The van der Waals surface area contributed by atoms with Crippen LogP contribution in [0.25, 0.3) is 11.1 Å². The van der Waals surface area contributed by atoms with Gasteiger partial charge < -0.3 is 9.73 Å². The van der Waals surface area contributed by atoms with Crippen LogP contribution in [0.5, 0.6) is 0 Å². The van der Waals surface area contributed by atoms with Crippen molar-refractivity contribution in [2.45, 2.75) is 58.4 Å². The Kier molecular flexibility index (Phi) is 5.06. The molecule has 3 rings (SSSR count). The lowest BCUT2D eigenvalue weighted by molar-refractivity contribution is -0.121. The van der Waals surface area contributed by atoms with Crippen LogP contribution in [-0.2, 0) is 21.5 Å². The van der Waals surface area contributed by atoms with Crippen molar-refractivity contribution in [2.24, 2.45) is 5.10 Å². The Morgan fingerprint density at radius 2 is 2.12 bits per heavy atom. The van der Waals surface area contributed by atoms with Crippen LogP contribution in [0.3, 0.4) is 0 Å². The molecular weight excluding hydrogens is 332 g/mol. The van der Waals surface area contributed by atoms with Crippen LogP contribution < -0.4 is 10.7 Å². The van der Waals surface area contributed by atoms with E-state index < -0.39 is 0 Å². The van der Waals surface area contributed by atoms with Gasteiger partial charge in [-0.15, -0.1) is 0 Å². The molecule has 0 bridgehead atoms. The number of carbonyl (C=O) groups excluding carboxylic acids is 2. The molecule has 1 aromatic heterocycles. The maximum absolute atomic E-state index is 12.0. The number of benzene rings is 1. The minimum Gasteiger partial charge on any atom is -0.439 e. The molecule has 0 atom stereocenters. The minimum atomic E-state index is -0.0952. The predicted octanol–water partition coefficient (Wildman–Crippen LogP) is 2.79. The molecule has 0 unspecified atom stereocenters. The highest BCUT2D eigenvalue weighted by atomic mass is 16.3. The van der Waals surface area contributed by atoms with Crippen LogP contribution in [0.1, 0.15) is 57.9 Å². The third-order valence-electron chi connectivity index (χ3n) is 4.35. The number of carbonyl (C=O) groups is 2. The number of aromatic nitrogens is 1. The summed E-state index contributed by atoms with van der Waals surface area (Å²) in [5, 5.41) is 6.78. The molecule has 7 nitrogen and oxygen atoms in total. The van der Waals surface area contributed by atoms with Gasteiger partial charge in [0.15, 0.2) is 5.58 Å². The number of fused-ring (bicyclic) bond motifs is 1. The lowest BCUT2D eigenvalue weighted by atomic mass is 9.87. The number of nitrogens with zero attached hydrogens (tertiary/aromatic N) is 2. The summed E-state index contributed by atoms with van der Waals surface area (Å²) in [4.78, 5) is 27.5. The molecule has 1 aliphatic rings. The van der Waals surface area contributed by atoms with Crippen molar-refractivity contribution in [3.63, 3.8) is 0 Å². The van der Waals surface area contributed by atoms with E-state index in [4.69, 9.17) is 4.42 Å². The van der Waals surface area contributed by atoms with Gasteiger partial charge in [-0.1, -0.05) is 26.8 Å². The summed E-state index contributed by atoms with van der Waals surface area (Å²) in [6.07, 6.45) is 1.90. The Labute approximate surface area is 152 Å². The maximum atomic E-state index is 12.0. The second-order valence-corrected chi connectivity index (χ2v) is 7.53. The standard InChI is InChI=1S/C19H24N4O3/c1-19(2,3)12-4-7-15-14(10-12)21-18(26-15)11-20-16(24)8-5-13-6-9-17(25)23-22-13/h4,7,10H,5-6,8-9,11H2,1-3H3,(H,20,24)(H,23,25). The fraction of sp³-hybridized carbons (Fsp3) is 0.474. The average molecular weight is 356 g/mol. The zero-order chi connectivity index (χ0) is 18.7. The van der Waals surface area contributed by atoms with E-state index in [0.717, 1.165) is 16.8 Å². The third-order valence-corrected chi connectivity index (χ3v) is 4.35. The third kappa shape index (κ3) is 4.47. The Balaban J connectivity index is 1.54. The van der Waals surface area contributed by atoms with Crippen LogP contribution in [0, 0.1) is 0 Å². The minimum absolute atomic E-state index is 0.0445. The largest absolute Gasteiger partial charge is 0.439 e. The van der Waals surface area contributed by atoms with Crippen LogP contribution in [0.4, 0.5) is 0 Å². The second-order valence-electron chi connectivity index (χ2n) is 7.53. The van der Waals surface area contributed by atoms with E-state index in [-0.39, 0.29) is 23.8 Å². The first kappa shape index (κ1) is 18.1. The molecule has 7 heteroatoms. The number of nitrogens with one attached hydrogen (secondary N) is 2. The quantitative estimate of drug-likeness (QED) is 0.861. The average Bonchev–Trinajstić information content (AvgIpc) is 3.01. The summed E-state index contributed by atoms with van der Waals surface area (Å²) in [6.45, 7) is 6.70. The van der Waals surface area contributed by atoms with Crippen molar-refractivity contribution in [1.82, 2.24) is 15.7 Å². The first-order valence-electron chi connectivity index (χ1n) is 8.82. The lowest BCUT2D eigenvalue weighted by Crippen LogP contribution is -2.27. The topological polar surface area (TPSA) is 96.6 Å². The molecule has 2 amide bonds. The Bertz CT molecular complexity index is 861. The van der Waals surface area contributed by atoms with Crippen molar-refractivity contribution in [2.75, 3.05) is 0 Å². The van der Waals surface area contributed by atoms with Crippen molar-refractivity contribution < 1.29 is 14.0 Å². The van der Waals surface area contributed by atoms with E-state index in [2.05, 4.69) is 41.6 Å². The highest BCUT2D eigenvalue weighted by molar-refractivity contribution is 5.94. The van der Waals surface area contributed by atoms with Gasteiger partial charge in [-0.05, 0) is 36.0 Å². The molecule has 2 N–H and O–H groups in total. The van der Waals surface area contributed by atoms with Gasteiger partial charge in [0.2, 0.25) is 17.7 Å². The van der Waals surface area contributed by atoms with Crippen LogP contribution in [-0.4, -0.2) is 22.5 Å². The zero-order valence-electron chi connectivity index (χ0n) is 15.4. The summed E-state index contributed by atoms with van der Waals surface area (Å²) in [5.41, 5.74) is 6.03. The predicted molar refractivity (Wildman–Crippen MR) is 98.6 cm³/mol. The Hall–Kier alpha value is -2.70. The molecular formula is C19H24N4O3. The molecule has 1 aromatic carbocycles. The first-order valence-corrected chi connectivity index (χ1v) is 8.82. The van der Waals surface area contributed by atoms with Crippen LogP contribution >= 0.6 is 0 Å². The molecule has 0 spiro atoms. The summed E-state index contributed by atoms with van der Waals surface area (Å²) in [7, 11) is 0. The molecule has 0 fully saturated rings.